The summed E-state index contributed by atoms with van der Waals surface area (Å²) in [5.41, 5.74) is 1.09. The number of rotatable bonds is 3. The minimum Gasteiger partial charge on any atom is -0.345 e. The minimum atomic E-state index is -0.318. The van der Waals surface area contributed by atoms with Crippen LogP contribution in [0.15, 0.2) is 16.8 Å². The van der Waals surface area contributed by atoms with Gasteiger partial charge in [-0.3, -0.25) is 9.59 Å². The Morgan fingerprint density at radius 3 is 3.00 bits per heavy atom. The van der Waals surface area contributed by atoms with E-state index >= 15 is 0 Å². The summed E-state index contributed by atoms with van der Waals surface area (Å²) in [5, 5.41) is 6.60. The van der Waals surface area contributed by atoms with E-state index < -0.39 is 0 Å². The highest BCUT2D eigenvalue weighted by Gasteiger charge is 2.32. The van der Waals surface area contributed by atoms with Gasteiger partial charge in [0.25, 0.3) is 0 Å². The van der Waals surface area contributed by atoms with Gasteiger partial charge in [0.2, 0.25) is 11.8 Å². The normalized spacial score (nSPS) is 21.1. The lowest BCUT2D eigenvalue weighted by Gasteiger charge is -2.34. The summed E-state index contributed by atoms with van der Waals surface area (Å²) in [6.45, 7) is 2.58. The first kappa shape index (κ1) is 11.1. The van der Waals surface area contributed by atoms with Crippen molar-refractivity contribution in [2.75, 3.05) is 6.54 Å². The number of nitrogens with one attached hydrogen (secondary N) is 1. The standard InChI is InChI=1S/C11H14N2O2S/c1-2-9-11(15)12-5-10(14)13(9)6-8-3-4-16-7-8/h3-4,7,9H,2,5-6H2,1H3,(H,12,15). The smallest absolute Gasteiger partial charge is 0.243 e. The second-order valence-electron chi connectivity index (χ2n) is 3.80. The van der Waals surface area contributed by atoms with E-state index in [1.165, 1.54) is 0 Å². The van der Waals surface area contributed by atoms with Crippen molar-refractivity contribution in [1.82, 2.24) is 10.2 Å². The molecule has 86 valence electrons. The lowest BCUT2D eigenvalue weighted by atomic mass is 10.1. The molecule has 16 heavy (non-hydrogen) atoms. The maximum Gasteiger partial charge on any atom is 0.243 e. The van der Waals surface area contributed by atoms with Crippen molar-refractivity contribution < 1.29 is 9.59 Å². The van der Waals surface area contributed by atoms with Crippen molar-refractivity contribution >= 4 is 23.2 Å². The van der Waals surface area contributed by atoms with Gasteiger partial charge in [0.15, 0.2) is 0 Å². The monoisotopic (exact) mass is 238 g/mol. The van der Waals surface area contributed by atoms with Gasteiger partial charge in [-0.15, -0.1) is 0 Å². The van der Waals surface area contributed by atoms with Crippen LogP contribution in [0.1, 0.15) is 18.9 Å². The maximum absolute atomic E-state index is 11.7. The molecule has 0 radical (unpaired) electrons. The largest absolute Gasteiger partial charge is 0.345 e. The maximum atomic E-state index is 11.7. The Kier molecular flexibility index (Phi) is 3.24. The lowest BCUT2D eigenvalue weighted by molar-refractivity contribution is -0.146. The van der Waals surface area contributed by atoms with Crippen LogP contribution in [0, 0.1) is 0 Å². The average Bonchev–Trinajstić information content (AvgIpc) is 2.77. The van der Waals surface area contributed by atoms with Gasteiger partial charge in [0.1, 0.15) is 6.04 Å². The zero-order chi connectivity index (χ0) is 11.5. The van der Waals surface area contributed by atoms with Gasteiger partial charge in [-0.1, -0.05) is 6.92 Å². The summed E-state index contributed by atoms with van der Waals surface area (Å²) in [7, 11) is 0. The van der Waals surface area contributed by atoms with Crippen LogP contribution in [0.25, 0.3) is 0 Å². The molecule has 1 saturated heterocycles. The quantitative estimate of drug-likeness (QED) is 0.853. The van der Waals surface area contributed by atoms with E-state index in [-0.39, 0.29) is 24.4 Å². The molecular weight excluding hydrogens is 224 g/mol. The van der Waals surface area contributed by atoms with E-state index in [0.29, 0.717) is 13.0 Å². The van der Waals surface area contributed by atoms with Crippen molar-refractivity contribution in [3.63, 3.8) is 0 Å². The predicted octanol–water partition coefficient (Wildman–Crippen LogP) is 0.985. The number of piperazine rings is 1. The SMILES string of the molecule is CCC1C(=O)NCC(=O)N1Cc1ccsc1. The lowest BCUT2D eigenvalue weighted by Crippen LogP contribution is -2.57. The van der Waals surface area contributed by atoms with Crippen LogP contribution in [0.2, 0.25) is 0 Å². The summed E-state index contributed by atoms with van der Waals surface area (Å²) in [6.07, 6.45) is 0.654. The van der Waals surface area contributed by atoms with Gasteiger partial charge >= 0.3 is 0 Å². The molecular formula is C11H14N2O2S. The molecule has 2 rings (SSSR count). The third-order valence-corrected chi connectivity index (χ3v) is 3.46. The Hall–Kier alpha value is -1.36. The van der Waals surface area contributed by atoms with E-state index in [4.69, 9.17) is 0 Å². The summed E-state index contributed by atoms with van der Waals surface area (Å²) >= 11 is 1.60. The molecule has 1 N–H and O–H groups in total. The number of carbonyl (C=O) groups is 2. The van der Waals surface area contributed by atoms with E-state index in [1.807, 2.05) is 23.8 Å². The molecule has 1 atom stereocenters. The molecule has 0 aromatic carbocycles. The first-order valence-corrected chi connectivity index (χ1v) is 6.25. The summed E-state index contributed by atoms with van der Waals surface area (Å²) in [6, 6.07) is 1.66. The molecule has 1 aromatic rings. The number of hydrogen-bond acceptors (Lipinski definition) is 3. The highest BCUT2D eigenvalue weighted by atomic mass is 32.1. The van der Waals surface area contributed by atoms with E-state index in [9.17, 15) is 9.59 Å². The second-order valence-corrected chi connectivity index (χ2v) is 4.58. The molecule has 0 saturated carbocycles. The molecule has 1 aliphatic heterocycles. The van der Waals surface area contributed by atoms with E-state index in [0.717, 1.165) is 5.56 Å². The Morgan fingerprint density at radius 1 is 1.56 bits per heavy atom. The van der Waals surface area contributed by atoms with Crippen LogP contribution < -0.4 is 5.32 Å². The first-order chi connectivity index (χ1) is 7.72. The van der Waals surface area contributed by atoms with Crippen molar-refractivity contribution in [3.05, 3.63) is 22.4 Å². The number of nitrogens with zero attached hydrogens (tertiary/aromatic N) is 1. The fourth-order valence-electron chi connectivity index (χ4n) is 1.88. The summed E-state index contributed by atoms with van der Waals surface area (Å²) in [5.74, 6) is -0.0463. The van der Waals surface area contributed by atoms with Gasteiger partial charge in [-0.2, -0.15) is 11.3 Å². The third kappa shape index (κ3) is 2.09. The van der Waals surface area contributed by atoms with Crippen molar-refractivity contribution in [2.24, 2.45) is 0 Å². The Morgan fingerprint density at radius 2 is 2.38 bits per heavy atom. The number of amides is 2. The summed E-state index contributed by atoms with van der Waals surface area (Å²) in [4.78, 5) is 25.0. The van der Waals surface area contributed by atoms with Gasteiger partial charge < -0.3 is 10.2 Å². The third-order valence-electron chi connectivity index (χ3n) is 2.73. The van der Waals surface area contributed by atoms with Gasteiger partial charge in [-0.25, -0.2) is 0 Å². The zero-order valence-electron chi connectivity index (χ0n) is 9.10. The molecule has 2 heterocycles. The molecule has 4 nitrogen and oxygen atoms in total. The molecule has 5 heteroatoms. The second kappa shape index (κ2) is 4.65. The average molecular weight is 238 g/mol. The molecule has 1 aliphatic rings. The van der Waals surface area contributed by atoms with Crippen LogP contribution in [0.5, 0.6) is 0 Å². The molecule has 2 amide bonds. The topological polar surface area (TPSA) is 49.4 Å². The minimum absolute atomic E-state index is 0.00218. The number of thiophene rings is 1. The molecule has 1 fully saturated rings. The highest BCUT2D eigenvalue weighted by molar-refractivity contribution is 7.07. The van der Waals surface area contributed by atoms with E-state index in [2.05, 4.69) is 5.32 Å². The Balaban J connectivity index is 2.15. The molecule has 0 bridgehead atoms. The van der Waals surface area contributed by atoms with Gasteiger partial charge in [-0.05, 0) is 28.8 Å². The fourth-order valence-corrected chi connectivity index (χ4v) is 2.54. The molecule has 0 spiro atoms. The summed E-state index contributed by atoms with van der Waals surface area (Å²) < 4.78 is 0. The molecule has 1 aromatic heterocycles. The fraction of sp³-hybridized carbons (Fsp3) is 0.455. The van der Waals surface area contributed by atoms with Gasteiger partial charge in [0, 0.05) is 6.54 Å². The van der Waals surface area contributed by atoms with E-state index in [1.54, 1.807) is 16.2 Å². The van der Waals surface area contributed by atoms with Gasteiger partial charge in [0.05, 0.1) is 6.54 Å². The highest BCUT2D eigenvalue weighted by Crippen LogP contribution is 2.16. The molecule has 0 aliphatic carbocycles. The van der Waals surface area contributed by atoms with Crippen LogP contribution >= 0.6 is 11.3 Å². The van der Waals surface area contributed by atoms with Crippen LogP contribution in [-0.4, -0.2) is 29.3 Å². The van der Waals surface area contributed by atoms with Crippen molar-refractivity contribution in [3.8, 4) is 0 Å². The van der Waals surface area contributed by atoms with Crippen LogP contribution in [0.4, 0.5) is 0 Å². The van der Waals surface area contributed by atoms with Crippen LogP contribution in [0.3, 0.4) is 0 Å². The first-order valence-electron chi connectivity index (χ1n) is 5.30. The zero-order valence-corrected chi connectivity index (χ0v) is 9.92. The van der Waals surface area contributed by atoms with Crippen molar-refractivity contribution in [2.45, 2.75) is 25.9 Å². The Bertz CT molecular complexity index is 389. The number of carbonyl (C=O) groups excluding carboxylic acids is 2. The Labute approximate surface area is 98.3 Å². The number of hydrogen-bond donors (Lipinski definition) is 1. The van der Waals surface area contributed by atoms with Crippen molar-refractivity contribution in [1.29, 1.82) is 0 Å². The molecule has 1 unspecified atom stereocenters. The predicted molar refractivity (Wildman–Crippen MR) is 62.0 cm³/mol. The van der Waals surface area contributed by atoms with Crippen LogP contribution in [-0.2, 0) is 16.1 Å².